The summed E-state index contributed by atoms with van der Waals surface area (Å²) in [5.74, 6) is -2.57. The van der Waals surface area contributed by atoms with Gasteiger partial charge < -0.3 is 9.94 Å². The van der Waals surface area contributed by atoms with Crippen molar-refractivity contribution in [2.75, 3.05) is 0 Å². The average molecular weight is 2000 g/mol. The van der Waals surface area contributed by atoms with Crippen molar-refractivity contribution in [2.24, 2.45) is 4.99 Å². The number of benzene rings is 26. The average Bonchev–Trinajstić information content (AvgIpc) is 0.765. The second-order valence-corrected chi connectivity index (χ2v) is 36.0. The molecular weight excluding hydrogens is 1930 g/mol. The van der Waals surface area contributed by atoms with Crippen LogP contribution in [0.15, 0.2) is 410 Å². The zero-order valence-electron chi connectivity index (χ0n) is 71.1. The highest BCUT2D eigenvalue weighted by molar-refractivity contribution is 14.1. The number of carboxylic acids is 1. The van der Waals surface area contributed by atoms with Gasteiger partial charge >= 0.3 is 11.9 Å². The highest BCUT2D eigenvalue weighted by Crippen LogP contribution is 2.43. The van der Waals surface area contributed by atoms with Crippen LogP contribution in [-0.4, -0.2) is 39.1 Å². The number of fused-ring (bicyclic) bond motifs is 3. The van der Waals surface area contributed by atoms with Gasteiger partial charge in [-0.3, -0.25) is 9.59 Å². The molecule has 26 aromatic carbocycles. The van der Waals surface area contributed by atoms with Crippen molar-refractivity contribution in [3.63, 3.8) is 0 Å². The van der Waals surface area contributed by atoms with Gasteiger partial charge in [-0.15, -0.1) is 5.06 Å². The number of hydroxylamine groups is 2. The maximum Gasteiger partial charge on any atom is 0.337 e. The van der Waals surface area contributed by atoms with Crippen LogP contribution in [-0.2, 0) is 31.0 Å². The molecule has 1 heterocycles. The van der Waals surface area contributed by atoms with E-state index in [1.165, 1.54) is 143 Å². The molecule has 2 amide bonds. The predicted molar refractivity (Wildman–Crippen MR) is 573 cm³/mol. The Balaban J connectivity index is 0.0000000950. The lowest BCUT2D eigenvalue weighted by Gasteiger charge is -2.12. The minimum Gasteiger partial charge on any atom is -0.478 e. The van der Waals surface area contributed by atoms with Crippen molar-refractivity contribution in [1.82, 2.24) is 5.06 Å². The van der Waals surface area contributed by atoms with E-state index >= 15 is 0 Å². The molecule has 27 rings (SSSR count). The molecule has 0 aromatic heterocycles. The van der Waals surface area contributed by atoms with Crippen LogP contribution in [0.25, 0.3) is 194 Å². The number of carbonyl (C=O) groups is 4. The Hall–Kier alpha value is -14.5. The summed E-state index contributed by atoms with van der Waals surface area (Å²) >= 11 is 20.3. The van der Waals surface area contributed by atoms with Crippen LogP contribution in [0.1, 0.15) is 34.3 Å². The number of nitrogens with zero attached hydrogens (tertiary/aromatic N) is 2. The zero-order valence-corrected chi connectivity index (χ0v) is 78.0. The van der Waals surface area contributed by atoms with E-state index in [2.05, 4.69) is 338 Å². The summed E-state index contributed by atoms with van der Waals surface area (Å²) in [6, 6.07) is 136. The number of halogens is 5. The number of isothiocyanates is 1. The molecule has 133 heavy (non-hydrogen) atoms. The van der Waals surface area contributed by atoms with Crippen molar-refractivity contribution in [3.8, 4) is 0 Å². The molecular formula is C119H75Br2ClFIN2O6S. The van der Waals surface area contributed by atoms with Gasteiger partial charge in [0.05, 0.1) is 22.8 Å². The van der Waals surface area contributed by atoms with Crippen molar-refractivity contribution >= 4 is 307 Å². The lowest BCUT2D eigenvalue weighted by Crippen LogP contribution is -2.32. The number of aliphatic imine (C=N–C) groups is 1. The van der Waals surface area contributed by atoms with Crippen LogP contribution in [0, 0.1) is 9.39 Å². The molecule has 0 unspecified atom stereocenters. The Kier molecular flexibility index (Phi) is 24.6. The van der Waals surface area contributed by atoms with Gasteiger partial charge in [0.2, 0.25) is 0 Å². The van der Waals surface area contributed by atoms with E-state index in [0.29, 0.717) is 16.0 Å². The Morgan fingerprint density at radius 2 is 0.677 bits per heavy atom. The molecule has 638 valence electrons. The van der Waals surface area contributed by atoms with E-state index < -0.39 is 23.8 Å². The molecule has 1 saturated heterocycles. The molecule has 1 aliphatic rings. The summed E-state index contributed by atoms with van der Waals surface area (Å²) in [5.41, 5.74) is 3.32. The number of hydrogen-bond donors (Lipinski definition) is 1. The highest BCUT2D eigenvalue weighted by Gasteiger charge is 2.33. The first-order valence-corrected chi connectivity index (χ1v) is 47.2. The summed E-state index contributed by atoms with van der Waals surface area (Å²) in [7, 11) is 0. The molecule has 0 radical (unpaired) electrons. The number of aromatic carboxylic acids is 1. The number of thiocarbonyl (C=S) groups is 1. The van der Waals surface area contributed by atoms with Crippen LogP contribution < -0.4 is 0 Å². The van der Waals surface area contributed by atoms with Gasteiger partial charge in [-0.2, -0.15) is 4.99 Å². The Bertz CT molecular complexity index is 8380. The molecule has 0 spiro atoms. The number of amides is 2. The molecule has 14 heteroatoms. The number of alkyl halides is 1. The first-order valence-electron chi connectivity index (χ1n) is 43.4. The summed E-state index contributed by atoms with van der Waals surface area (Å²) in [4.78, 5) is 54.7. The van der Waals surface area contributed by atoms with Gasteiger partial charge in [0.25, 0.3) is 11.8 Å². The Morgan fingerprint density at radius 3 is 1.14 bits per heavy atom. The number of carboxylic acid groups (broad SMARTS) is 1. The van der Waals surface area contributed by atoms with E-state index in [4.69, 9.17) is 16.4 Å². The van der Waals surface area contributed by atoms with Crippen LogP contribution in [0.3, 0.4) is 0 Å². The molecule has 0 bridgehead atoms. The minimum atomic E-state index is -0.877. The number of hydrogen-bond acceptors (Lipinski definition) is 7. The second-order valence-electron chi connectivity index (χ2n) is 32.8. The van der Waals surface area contributed by atoms with Gasteiger partial charge in [-0.1, -0.05) is 401 Å². The molecule has 8 nitrogen and oxygen atoms in total. The van der Waals surface area contributed by atoms with Crippen LogP contribution in [0.2, 0.25) is 5.02 Å². The van der Waals surface area contributed by atoms with Crippen molar-refractivity contribution in [3.05, 3.63) is 436 Å². The normalized spacial score (nSPS) is 11.9. The van der Waals surface area contributed by atoms with Crippen molar-refractivity contribution in [1.29, 1.82) is 0 Å². The quantitative estimate of drug-likeness (QED) is 0.0440. The highest BCUT2D eigenvalue weighted by atomic mass is 127. The zero-order chi connectivity index (χ0) is 90.9. The van der Waals surface area contributed by atoms with Gasteiger partial charge in [-0.25, -0.2) is 14.0 Å². The standard InChI is InChI=1S/C17H10O2.C16H9Br.C16H9Cl.C16H9F.C16H9I.C16H13NO4.C11H9Br.C11H7NS/c18-17(19)14-9-7-12-5-4-10-2-1-3-11-6-8-13(14)16(12)15(10)11;4*17-14-9-7-12-5-4-10-2-1-3-11-6-8-13(14)16(12)15(10)11;18-14-7-8-15(19)17(14)21-16(20)10-11-5-6-12-3-1-2-4-13(12)9-11;12-8-9-5-6-10-3-1-2-4-11(10)7-9;13-8-12-11-6-5-9-3-1-2-4-10(9)7-11/h1-9H,(H,18,19);4*1-9H;1-6,9H,7-8,10H2;1-7H,8H2;1-7H. The summed E-state index contributed by atoms with van der Waals surface area (Å²) in [6.45, 7) is 0. The maximum absolute atomic E-state index is 13.8. The topological polar surface area (TPSA) is 113 Å². The molecule has 1 fully saturated rings. The molecule has 1 aliphatic heterocycles. The van der Waals surface area contributed by atoms with Crippen molar-refractivity contribution in [2.45, 2.75) is 24.6 Å². The van der Waals surface area contributed by atoms with Gasteiger partial charge in [0.15, 0.2) is 0 Å². The first kappa shape index (κ1) is 86.5. The van der Waals surface area contributed by atoms with E-state index in [9.17, 15) is 28.7 Å². The van der Waals surface area contributed by atoms with Gasteiger partial charge in [0, 0.05) is 47.4 Å². The molecule has 0 aliphatic carbocycles. The summed E-state index contributed by atoms with van der Waals surface area (Å²) in [6.07, 6.45) is 0.214. The van der Waals surface area contributed by atoms with Crippen molar-refractivity contribution < 1.29 is 33.5 Å². The van der Waals surface area contributed by atoms with Crippen LogP contribution in [0.4, 0.5) is 10.1 Å². The molecule has 0 saturated carbocycles. The van der Waals surface area contributed by atoms with E-state index in [1.54, 1.807) is 12.1 Å². The SMILES string of the molecule is BrCc1ccc2ccccc2c1.Brc1ccc2ccc3cccc4ccc1c2c34.Clc1ccc2ccc3cccc4ccc1c2c34.Fc1ccc2ccc3cccc4ccc1c2c34.Ic1ccc2ccc3cccc4ccc1c2c34.O=C(Cc1ccc2ccccc2c1)ON1C(=O)CCC1=O.O=C(O)c1ccc2ccc3cccc4ccc1c2c34.S=C=Nc1ccc2ccccc2c1. The fourth-order valence-corrected chi connectivity index (χ4v) is 20.4. The lowest BCUT2D eigenvalue weighted by atomic mass is 9.92. The number of imide groups is 1. The Morgan fingerprint density at radius 1 is 0.361 bits per heavy atom. The largest absolute Gasteiger partial charge is 0.478 e. The minimum absolute atomic E-state index is 0.0158. The molecule has 26 aromatic rings. The van der Waals surface area contributed by atoms with Crippen LogP contribution in [0.5, 0.6) is 0 Å². The van der Waals surface area contributed by atoms with Crippen LogP contribution >= 0.6 is 78.3 Å². The van der Waals surface area contributed by atoms with Gasteiger partial charge in [0.1, 0.15) is 5.82 Å². The van der Waals surface area contributed by atoms with Gasteiger partial charge in [-0.05, 0) is 266 Å². The van der Waals surface area contributed by atoms with E-state index in [1.807, 2.05) is 127 Å². The maximum atomic E-state index is 13.8. The third-order valence-corrected chi connectivity index (χ3v) is 27.6. The number of rotatable bonds is 6. The predicted octanol–water partition coefficient (Wildman–Crippen LogP) is 34.1. The number of carbonyl (C=O) groups excluding carboxylic acids is 3. The smallest absolute Gasteiger partial charge is 0.337 e. The third kappa shape index (κ3) is 17.4. The Labute approximate surface area is 803 Å². The molecule has 0 atom stereocenters. The summed E-state index contributed by atoms with van der Waals surface area (Å²) in [5, 5.41) is 57.7. The summed E-state index contributed by atoms with van der Waals surface area (Å²) < 4.78 is 16.3. The fraction of sp³-hybridized carbons (Fsp3) is 0.0336. The third-order valence-electron chi connectivity index (χ3n) is 24.9. The van der Waals surface area contributed by atoms with E-state index in [-0.39, 0.29) is 25.1 Å². The van der Waals surface area contributed by atoms with E-state index in [0.717, 1.165) is 80.9 Å². The monoisotopic (exact) mass is 2000 g/mol. The fourth-order valence-electron chi connectivity index (χ4n) is 18.6. The second kappa shape index (κ2) is 37.8. The molecule has 1 N–H and O–H groups in total. The first-order chi connectivity index (χ1) is 65.1. The lowest BCUT2D eigenvalue weighted by molar-refractivity contribution is -0.197.